The molecule has 0 bridgehead atoms. The summed E-state index contributed by atoms with van der Waals surface area (Å²) >= 11 is 0. The number of hydrogen-bond donors (Lipinski definition) is 1. The summed E-state index contributed by atoms with van der Waals surface area (Å²) in [5.74, 6) is -1.20. The minimum atomic E-state index is -2.65. The molecule has 6 nitrogen and oxygen atoms in total. The first-order chi connectivity index (χ1) is 11.8. The van der Waals surface area contributed by atoms with E-state index < -0.39 is 42.9 Å². The minimum Gasteiger partial charge on any atom is -0.332 e. The molecule has 1 unspecified atom stereocenters. The van der Waals surface area contributed by atoms with E-state index in [4.69, 9.17) is 0 Å². The number of nitrogens with zero attached hydrogens (tertiary/aromatic N) is 2. The molecule has 1 atom stereocenters. The van der Waals surface area contributed by atoms with Crippen molar-refractivity contribution in [2.24, 2.45) is 0 Å². The Morgan fingerprint density at radius 1 is 1.32 bits per heavy atom. The largest absolute Gasteiger partial charge is 0.332 e. The summed E-state index contributed by atoms with van der Waals surface area (Å²) in [6, 6.07) is 7.76. The predicted octanol–water partition coefficient (Wildman–Crippen LogP) is 1.71. The van der Waals surface area contributed by atoms with Crippen LogP contribution < -0.4 is 5.32 Å². The fourth-order valence-corrected chi connectivity index (χ4v) is 3.02. The molecule has 1 aliphatic heterocycles. The van der Waals surface area contributed by atoms with Crippen LogP contribution in [0.2, 0.25) is 0 Å². The lowest BCUT2D eigenvalue weighted by Crippen LogP contribution is -2.46. The Bertz CT molecular complexity index is 694. The van der Waals surface area contributed by atoms with Crippen molar-refractivity contribution in [2.75, 3.05) is 13.1 Å². The molecular formula is C17H19F2N3O3. The number of hydrogen-bond acceptors (Lipinski definition) is 3. The van der Waals surface area contributed by atoms with Gasteiger partial charge in [-0.15, -0.1) is 0 Å². The third-order valence-corrected chi connectivity index (χ3v) is 4.56. The molecule has 0 radical (unpaired) electrons. The summed E-state index contributed by atoms with van der Waals surface area (Å²) in [6.45, 7) is 0.351. The Morgan fingerprint density at radius 2 is 1.96 bits per heavy atom. The summed E-state index contributed by atoms with van der Waals surface area (Å²) in [4.78, 5) is 39.2. The molecule has 0 spiro atoms. The van der Waals surface area contributed by atoms with Gasteiger partial charge in [-0.1, -0.05) is 30.3 Å². The smallest absolute Gasteiger partial charge is 0.325 e. The molecule has 4 amide bonds. The van der Waals surface area contributed by atoms with Crippen LogP contribution in [0.3, 0.4) is 0 Å². The second-order valence-corrected chi connectivity index (χ2v) is 6.48. The van der Waals surface area contributed by atoms with Gasteiger partial charge in [0, 0.05) is 6.04 Å². The van der Waals surface area contributed by atoms with Crippen LogP contribution >= 0.6 is 0 Å². The molecular weight excluding hydrogens is 332 g/mol. The van der Waals surface area contributed by atoms with Crippen molar-refractivity contribution >= 4 is 17.8 Å². The van der Waals surface area contributed by atoms with Crippen molar-refractivity contribution in [2.45, 2.75) is 37.8 Å². The maximum absolute atomic E-state index is 12.7. The molecule has 1 heterocycles. The first-order valence-corrected chi connectivity index (χ1v) is 8.10. The van der Waals surface area contributed by atoms with Crippen LogP contribution in [0.5, 0.6) is 0 Å². The third-order valence-electron chi connectivity index (χ3n) is 4.56. The third kappa shape index (κ3) is 3.33. The average molecular weight is 351 g/mol. The predicted molar refractivity (Wildman–Crippen MR) is 84.8 cm³/mol. The molecule has 3 rings (SSSR count). The van der Waals surface area contributed by atoms with Gasteiger partial charge < -0.3 is 10.2 Å². The number of nitrogens with one attached hydrogen (secondary N) is 1. The van der Waals surface area contributed by atoms with Gasteiger partial charge in [-0.2, -0.15) is 0 Å². The Morgan fingerprint density at radius 3 is 2.52 bits per heavy atom. The summed E-state index contributed by atoms with van der Waals surface area (Å²) in [6.07, 6.45) is -1.32. The standard InChI is InChI=1S/C17H19F2N3O3/c1-17(11-5-3-2-4-6-11)15(24)22(16(25)20-17)10-14(23)21(9-13(18)19)12-7-8-12/h2-6,12-13H,7-10H2,1H3,(H,20,25). The van der Waals surface area contributed by atoms with Crippen molar-refractivity contribution in [1.29, 1.82) is 0 Å². The van der Waals surface area contributed by atoms with Gasteiger partial charge in [-0.05, 0) is 25.3 Å². The number of carbonyl (C=O) groups excluding carboxylic acids is 3. The number of alkyl halides is 2. The fraction of sp³-hybridized carbons (Fsp3) is 0.471. The number of amides is 4. The van der Waals surface area contributed by atoms with E-state index in [0.717, 1.165) is 9.80 Å². The zero-order chi connectivity index (χ0) is 18.2. The molecule has 1 saturated carbocycles. The number of urea groups is 1. The molecule has 25 heavy (non-hydrogen) atoms. The van der Waals surface area contributed by atoms with Crippen molar-refractivity contribution in [3.8, 4) is 0 Å². The van der Waals surface area contributed by atoms with Gasteiger partial charge in [0.25, 0.3) is 12.3 Å². The zero-order valence-corrected chi connectivity index (χ0v) is 13.7. The number of benzene rings is 1. The number of carbonyl (C=O) groups is 3. The van der Waals surface area contributed by atoms with E-state index in [2.05, 4.69) is 5.32 Å². The highest BCUT2D eigenvalue weighted by Gasteiger charge is 2.50. The molecule has 1 N–H and O–H groups in total. The molecule has 2 fully saturated rings. The van der Waals surface area contributed by atoms with E-state index in [1.54, 1.807) is 37.3 Å². The van der Waals surface area contributed by atoms with Crippen LogP contribution in [0.1, 0.15) is 25.3 Å². The molecule has 1 saturated heterocycles. The maximum atomic E-state index is 12.7. The molecule has 2 aliphatic rings. The van der Waals surface area contributed by atoms with Crippen molar-refractivity contribution in [3.05, 3.63) is 35.9 Å². The zero-order valence-electron chi connectivity index (χ0n) is 13.7. The first kappa shape index (κ1) is 17.3. The van der Waals surface area contributed by atoms with Crippen LogP contribution in [0.4, 0.5) is 13.6 Å². The summed E-state index contributed by atoms with van der Waals surface area (Å²) < 4.78 is 25.4. The summed E-state index contributed by atoms with van der Waals surface area (Å²) in [7, 11) is 0. The van der Waals surface area contributed by atoms with Crippen LogP contribution in [0.25, 0.3) is 0 Å². The quantitative estimate of drug-likeness (QED) is 0.794. The van der Waals surface area contributed by atoms with Gasteiger partial charge in [0.15, 0.2) is 0 Å². The van der Waals surface area contributed by atoms with E-state index in [-0.39, 0.29) is 6.04 Å². The van der Waals surface area contributed by atoms with Gasteiger partial charge >= 0.3 is 6.03 Å². The lowest BCUT2D eigenvalue weighted by molar-refractivity contribution is -0.140. The molecule has 0 aromatic heterocycles. The van der Waals surface area contributed by atoms with Gasteiger partial charge in [-0.25, -0.2) is 13.6 Å². The Hall–Kier alpha value is -2.51. The molecule has 134 valence electrons. The van der Waals surface area contributed by atoms with Crippen LogP contribution in [0, 0.1) is 0 Å². The van der Waals surface area contributed by atoms with Crippen molar-refractivity contribution < 1.29 is 23.2 Å². The topological polar surface area (TPSA) is 69.7 Å². The molecule has 8 heteroatoms. The lowest BCUT2D eigenvalue weighted by Gasteiger charge is -2.25. The summed E-state index contributed by atoms with van der Waals surface area (Å²) in [5.41, 5.74) is -0.680. The van der Waals surface area contributed by atoms with E-state index >= 15 is 0 Å². The Labute approximate surface area is 143 Å². The first-order valence-electron chi connectivity index (χ1n) is 8.10. The fourth-order valence-electron chi connectivity index (χ4n) is 3.02. The SMILES string of the molecule is CC1(c2ccccc2)NC(=O)N(CC(=O)N(CC(F)F)C2CC2)C1=O. The number of halogens is 2. The minimum absolute atomic E-state index is 0.220. The van der Waals surface area contributed by atoms with Crippen LogP contribution in [-0.2, 0) is 15.1 Å². The highest BCUT2D eigenvalue weighted by atomic mass is 19.3. The van der Waals surface area contributed by atoms with Gasteiger partial charge in [-0.3, -0.25) is 14.5 Å². The Balaban J connectivity index is 1.75. The van der Waals surface area contributed by atoms with E-state index in [1.807, 2.05) is 0 Å². The highest BCUT2D eigenvalue weighted by molar-refractivity contribution is 6.09. The maximum Gasteiger partial charge on any atom is 0.325 e. The average Bonchev–Trinajstić information content (AvgIpc) is 3.38. The Kier molecular flexibility index (Phi) is 4.45. The van der Waals surface area contributed by atoms with Crippen LogP contribution in [-0.4, -0.2) is 53.2 Å². The lowest BCUT2D eigenvalue weighted by atomic mass is 9.92. The number of rotatable bonds is 6. The van der Waals surface area contributed by atoms with Gasteiger partial charge in [0.05, 0.1) is 6.54 Å². The van der Waals surface area contributed by atoms with Crippen molar-refractivity contribution in [1.82, 2.24) is 15.1 Å². The van der Waals surface area contributed by atoms with E-state index in [1.165, 1.54) is 0 Å². The molecule has 1 aromatic carbocycles. The number of imide groups is 1. The van der Waals surface area contributed by atoms with Crippen LogP contribution in [0.15, 0.2) is 30.3 Å². The van der Waals surface area contributed by atoms with Gasteiger partial charge in [0.2, 0.25) is 5.91 Å². The van der Waals surface area contributed by atoms with Crippen molar-refractivity contribution in [3.63, 3.8) is 0 Å². The second kappa shape index (κ2) is 6.42. The highest BCUT2D eigenvalue weighted by Crippen LogP contribution is 2.30. The van der Waals surface area contributed by atoms with E-state index in [0.29, 0.717) is 18.4 Å². The normalized spacial score (nSPS) is 23.1. The molecule has 1 aromatic rings. The van der Waals surface area contributed by atoms with E-state index in [9.17, 15) is 23.2 Å². The molecule has 1 aliphatic carbocycles. The second-order valence-electron chi connectivity index (χ2n) is 6.48. The monoisotopic (exact) mass is 351 g/mol. The summed E-state index contributed by atoms with van der Waals surface area (Å²) in [5, 5.41) is 2.59. The van der Waals surface area contributed by atoms with Gasteiger partial charge in [0.1, 0.15) is 12.1 Å².